The second-order valence-electron chi connectivity index (χ2n) is 7.87. The highest BCUT2D eigenvalue weighted by Gasteiger charge is 2.23. The molecule has 0 unspecified atom stereocenters. The molecule has 0 fully saturated rings. The number of ketones is 1. The lowest BCUT2D eigenvalue weighted by Gasteiger charge is -2.18. The first-order valence-electron chi connectivity index (χ1n) is 10.9. The summed E-state index contributed by atoms with van der Waals surface area (Å²) in [5, 5.41) is 12.6. The molecular weight excluding hydrogens is 396 g/mol. The second-order valence-corrected chi connectivity index (χ2v) is 7.87. The number of rotatable bonds is 8. The van der Waals surface area contributed by atoms with Gasteiger partial charge >= 0.3 is 0 Å². The molecule has 0 radical (unpaired) electrons. The number of Topliss-reactive ketones (excluding diaryl/α,β-unsaturated/α-hetero) is 1. The summed E-state index contributed by atoms with van der Waals surface area (Å²) >= 11 is 0. The van der Waals surface area contributed by atoms with E-state index in [4.69, 9.17) is 0 Å². The Morgan fingerprint density at radius 2 is 1.75 bits per heavy atom. The van der Waals surface area contributed by atoms with Crippen molar-refractivity contribution >= 4 is 22.4 Å². The number of azo groups is 1. The van der Waals surface area contributed by atoms with Crippen molar-refractivity contribution in [1.82, 2.24) is 10.3 Å². The molecule has 0 bridgehead atoms. The fraction of sp³-hybridized carbons (Fsp3) is 0.148. The molecule has 2 N–H and O–H groups in total. The van der Waals surface area contributed by atoms with Crippen LogP contribution in [-0.2, 0) is 6.42 Å². The number of para-hydroxylation sites is 1. The zero-order valence-electron chi connectivity index (χ0n) is 17.7. The Morgan fingerprint density at radius 3 is 2.53 bits per heavy atom. The predicted molar refractivity (Wildman–Crippen MR) is 128 cm³/mol. The smallest absolute Gasteiger partial charge is 0.186 e. The van der Waals surface area contributed by atoms with Gasteiger partial charge in [0.1, 0.15) is 0 Å². The quantitative estimate of drug-likeness (QED) is 0.357. The Kier molecular flexibility index (Phi) is 5.73. The van der Waals surface area contributed by atoms with Crippen LogP contribution < -0.4 is 5.32 Å². The van der Waals surface area contributed by atoms with Crippen molar-refractivity contribution in [3.8, 4) is 0 Å². The standard InChI is InChI=1S/C27H24N4O/c32-27(23-18-29-25-9-5-4-8-22(23)25)26(21-6-2-1-3-7-21)28-16-14-19-10-12-20(13-11-19)24-15-17-30-31-24/h1-13,15,18,26,28-29H,14,16-17H2/t26-/m0/s1. The summed E-state index contributed by atoms with van der Waals surface area (Å²) in [6.07, 6.45) is 4.67. The summed E-state index contributed by atoms with van der Waals surface area (Å²) in [4.78, 5) is 16.8. The first-order valence-corrected chi connectivity index (χ1v) is 10.9. The minimum absolute atomic E-state index is 0.0718. The van der Waals surface area contributed by atoms with E-state index in [1.165, 1.54) is 5.56 Å². The van der Waals surface area contributed by atoms with Crippen molar-refractivity contribution in [2.45, 2.75) is 12.5 Å². The van der Waals surface area contributed by atoms with Gasteiger partial charge in [-0.1, -0.05) is 72.8 Å². The second kappa shape index (κ2) is 9.12. The van der Waals surface area contributed by atoms with Gasteiger partial charge in [0, 0.05) is 34.8 Å². The molecule has 4 aromatic rings. The van der Waals surface area contributed by atoms with Crippen LogP contribution in [0.25, 0.3) is 16.6 Å². The number of hydrogen-bond acceptors (Lipinski definition) is 4. The van der Waals surface area contributed by atoms with Crippen LogP contribution in [0.3, 0.4) is 0 Å². The van der Waals surface area contributed by atoms with Crippen LogP contribution in [0.1, 0.15) is 33.1 Å². The Morgan fingerprint density at radius 1 is 0.969 bits per heavy atom. The average Bonchev–Trinajstić information content (AvgIpc) is 3.53. The van der Waals surface area contributed by atoms with Crippen molar-refractivity contribution < 1.29 is 4.79 Å². The third kappa shape index (κ3) is 4.15. The van der Waals surface area contributed by atoms with E-state index in [-0.39, 0.29) is 5.78 Å². The summed E-state index contributed by atoms with van der Waals surface area (Å²) in [5.41, 5.74) is 5.88. The van der Waals surface area contributed by atoms with E-state index in [1.807, 2.05) is 66.9 Å². The van der Waals surface area contributed by atoms with E-state index in [9.17, 15) is 4.79 Å². The van der Waals surface area contributed by atoms with Gasteiger partial charge in [0.05, 0.1) is 18.3 Å². The minimum atomic E-state index is -0.404. The lowest BCUT2D eigenvalue weighted by molar-refractivity contribution is 0.0945. The van der Waals surface area contributed by atoms with E-state index >= 15 is 0 Å². The number of H-pyrrole nitrogens is 1. The van der Waals surface area contributed by atoms with Gasteiger partial charge < -0.3 is 10.3 Å². The Bertz CT molecular complexity index is 1290. The molecule has 0 spiro atoms. The van der Waals surface area contributed by atoms with E-state index < -0.39 is 6.04 Å². The number of hydrogen-bond donors (Lipinski definition) is 2. The van der Waals surface area contributed by atoms with Gasteiger partial charge in [-0.15, -0.1) is 0 Å². The first-order chi connectivity index (χ1) is 15.8. The molecular formula is C27H24N4O. The van der Waals surface area contributed by atoms with Crippen LogP contribution in [0.4, 0.5) is 0 Å². The molecule has 0 amide bonds. The van der Waals surface area contributed by atoms with Crippen LogP contribution >= 0.6 is 0 Å². The summed E-state index contributed by atoms with van der Waals surface area (Å²) in [6.45, 7) is 1.35. The Labute approximate surface area is 186 Å². The predicted octanol–water partition coefficient (Wildman–Crippen LogP) is 5.73. The fourth-order valence-corrected chi connectivity index (χ4v) is 4.10. The largest absolute Gasteiger partial charge is 0.360 e. The normalized spacial score (nSPS) is 13.9. The molecule has 158 valence electrons. The van der Waals surface area contributed by atoms with Crippen molar-refractivity contribution in [2.24, 2.45) is 10.2 Å². The Balaban J connectivity index is 1.32. The number of aromatic nitrogens is 1. The highest BCUT2D eigenvalue weighted by Crippen LogP contribution is 2.25. The van der Waals surface area contributed by atoms with Crippen LogP contribution in [0.15, 0.2) is 101 Å². The summed E-state index contributed by atoms with van der Waals surface area (Å²) in [6, 6.07) is 25.8. The highest BCUT2D eigenvalue weighted by molar-refractivity contribution is 6.10. The fourth-order valence-electron chi connectivity index (χ4n) is 4.10. The third-order valence-electron chi connectivity index (χ3n) is 5.81. The van der Waals surface area contributed by atoms with E-state index in [0.29, 0.717) is 18.7 Å². The van der Waals surface area contributed by atoms with Crippen LogP contribution in [0.5, 0.6) is 0 Å². The summed E-state index contributed by atoms with van der Waals surface area (Å²) < 4.78 is 0. The molecule has 5 rings (SSSR count). The molecule has 1 aliphatic rings. The van der Waals surface area contributed by atoms with Crippen LogP contribution in [0, 0.1) is 0 Å². The topological polar surface area (TPSA) is 69.6 Å². The molecule has 1 aliphatic heterocycles. The lowest BCUT2D eigenvalue weighted by atomic mass is 9.96. The minimum Gasteiger partial charge on any atom is -0.360 e. The number of aromatic amines is 1. The van der Waals surface area contributed by atoms with E-state index in [1.54, 1.807) is 0 Å². The van der Waals surface area contributed by atoms with Crippen molar-refractivity contribution in [3.05, 3.63) is 113 Å². The van der Waals surface area contributed by atoms with E-state index in [0.717, 1.165) is 34.1 Å². The maximum Gasteiger partial charge on any atom is 0.186 e. The maximum atomic E-state index is 13.5. The average molecular weight is 421 g/mol. The lowest BCUT2D eigenvalue weighted by Crippen LogP contribution is -2.30. The SMILES string of the molecule is O=C(c1c[nH]c2ccccc12)[C@@H](NCCc1ccc(C2=CCN=N2)cc1)c1ccccc1. The molecule has 5 heteroatoms. The van der Waals surface area contributed by atoms with Crippen molar-refractivity contribution in [3.63, 3.8) is 0 Å². The molecule has 5 nitrogen and oxygen atoms in total. The number of carbonyl (C=O) groups excluding carboxylic acids is 1. The van der Waals surface area contributed by atoms with Gasteiger partial charge in [-0.25, -0.2) is 0 Å². The summed E-state index contributed by atoms with van der Waals surface area (Å²) in [5.74, 6) is 0.0718. The zero-order chi connectivity index (χ0) is 21.8. The van der Waals surface area contributed by atoms with Gasteiger partial charge in [-0.05, 0) is 29.7 Å². The molecule has 2 heterocycles. The van der Waals surface area contributed by atoms with Gasteiger partial charge in [0.25, 0.3) is 0 Å². The Hall–Kier alpha value is -3.83. The van der Waals surface area contributed by atoms with Crippen LogP contribution in [-0.4, -0.2) is 23.9 Å². The molecule has 0 saturated heterocycles. The van der Waals surface area contributed by atoms with Gasteiger partial charge in [-0.3, -0.25) is 4.79 Å². The molecule has 1 atom stereocenters. The van der Waals surface area contributed by atoms with E-state index in [2.05, 4.69) is 44.8 Å². The molecule has 1 aromatic heterocycles. The van der Waals surface area contributed by atoms with Gasteiger partial charge in [0.15, 0.2) is 5.78 Å². The maximum absolute atomic E-state index is 13.5. The molecule has 32 heavy (non-hydrogen) atoms. The third-order valence-corrected chi connectivity index (χ3v) is 5.81. The van der Waals surface area contributed by atoms with Gasteiger partial charge in [0.2, 0.25) is 0 Å². The number of fused-ring (bicyclic) bond motifs is 1. The van der Waals surface area contributed by atoms with Crippen LogP contribution in [0.2, 0.25) is 0 Å². The zero-order valence-corrected chi connectivity index (χ0v) is 17.7. The summed E-state index contributed by atoms with van der Waals surface area (Å²) in [7, 11) is 0. The number of benzene rings is 3. The first kappa shape index (κ1) is 20.1. The molecule has 3 aromatic carbocycles. The molecule has 0 aliphatic carbocycles. The van der Waals surface area contributed by atoms with Crippen molar-refractivity contribution in [1.29, 1.82) is 0 Å². The number of nitrogens with one attached hydrogen (secondary N) is 2. The highest BCUT2D eigenvalue weighted by atomic mass is 16.1. The van der Waals surface area contributed by atoms with Crippen molar-refractivity contribution in [2.75, 3.05) is 13.1 Å². The number of carbonyl (C=O) groups is 1. The number of nitrogens with zero attached hydrogens (tertiary/aromatic N) is 2. The monoisotopic (exact) mass is 420 g/mol. The molecule has 0 saturated carbocycles. The van der Waals surface area contributed by atoms with Gasteiger partial charge in [-0.2, -0.15) is 10.2 Å².